The van der Waals surface area contributed by atoms with Crippen LogP contribution in [0.3, 0.4) is 0 Å². The molecule has 0 unspecified atom stereocenters. The summed E-state index contributed by atoms with van der Waals surface area (Å²) in [4.78, 5) is 3.57. The number of hydroxylamine groups is 1. The monoisotopic (exact) mass is 103 g/mol. The van der Waals surface area contributed by atoms with E-state index in [4.69, 9.17) is 5.21 Å². The molecule has 0 aromatic rings. The Hall–Kier alpha value is -0.770. The van der Waals surface area contributed by atoms with Crippen molar-refractivity contribution in [3.05, 3.63) is 0 Å². The highest BCUT2D eigenvalue weighted by Crippen LogP contribution is 1.54. The first-order valence-electron chi connectivity index (χ1n) is 1.89. The average Bonchev–Trinajstić information content (AvgIpc) is 1.72. The molecule has 0 aromatic carbocycles. The van der Waals surface area contributed by atoms with E-state index in [1.807, 2.05) is 5.48 Å². The van der Waals surface area contributed by atoms with Gasteiger partial charge in [-0.1, -0.05) is 0 Å². The average molecular weight is 103 g/mol. The predicted molar refractivity (Wildman–Crippen MR) is 27.3 cm³/mol. The van der Waals surface area contributed by atoms with E-state index < -0.39 is 0 Å². The summed E-state index contributed by atoms with van der Waals surface area (Å²) in [5, 5.41) is 10.7. The zero-order valence-electron chi connectivity index (χ0n) is 4.39. The summed E-state index contributed by atoms with van der Waals surface area (Å²) in [5.41, 5.74) is 1.84. The van der Waals surface area contributed by atoms with Gasteiger partial charge in [-0.15, -0.1) is 0 Å². The van der Waals surface area contributed by atoms with Gasteiger partial charge in [0.1, 0.15) is 0 Å². The van der Waals surface area contributed by atoms with Gasteiger partial charge in [0, 0.05) is 14.1 Å². The molecule has 0 saturated carbocycles. The Morgan fingerprint density at radius 2 is 2.29 bits per heavy atom. The van der Waals surface area contributed by atoms with Crippen molar-refractivity contribution in [3.8, 4) is 0 Å². The maximum absolute atomic E-state index is 8.08. The lowest BCUT2D eigenvalue weighted by molar-refractivity contribution is 0.230. The molecule has 0 fully saturated rings. The second kappa shape index (κ2) is 3.42. The Kier molecular flexibility index (Phi) is 3.04. The fourth-order valence-electron chi connectivity index (χ4n) is 0.218. The van der Waals surface area contributed by atoms with Gasteiger partial charge in [0.05, 0.1) is 0 Å². The minimum absolute atomic E-state index is 0.361. The molecule has 0 aromatic heterocycles. The van der Waals surface area contributed by atoms with E-state index in [0.29, 0.717) is 5.96 Å². The van der Waals surface area contributed by atoms with E-state index in [2.05, 4.69) is 10.3 Å². The second-order valence-corrected chi connectivity index (χ2v) is 0.934. The van der Waals surface area contributed by atoms with Gasteiger partial charge in [-0.05, 0) is 0 Å². The van der Waals surface area contributed by atoms with Crippen molar-refractivity contribution in [2.45, 2.75) is 0 Å². The Morgan fingerprint density at radius 1 is 1.71 bits per heavy atom. The van der Waals surface area contributed by atoms with Crippen molar-refractivity contribution in [2.24, 2.45) is 4.99 Å². The van der Waals surface area contributed by atoms with Gasteiger partial charge in [-0.2, -0.15) is 0 Å². The highest BCUT2D eigenvalue weighted by Gasteiger charge is 1.81. The van der Waals surface area contributed by atoms with Crippen LogP contribution in [0.4, 0.5) is 0 Å². The second-order valence-electron chi connectivity index (χ2n) is 0.934. The SMILES string of the molecule is C/N=C(/NC)NO. The molecule has 0 aliphatic heterocycles. The molecule has 0 amide bonds. The van der Waals surface area contributed by atoms with Gasteiger partial charge in [0.15, 0.2) is 0 Å². The standard InChI is InChI=1S/C3H9N3O/c1-4-3(5-2)6-7/h7H,1-2H3,(H2,4,5,6). The zero-order valence-corrected chi connectivity index (χ0v) is 4.39. The number of nitrogens with one attached hydrogen (secondary N) is 2. The van der Waals surface area contributed by atoms with Crippen LogP contribution in [0, 0.1) is 0 Å². The molecule has 0 atom stereocenters. The van der Waals surface area contributed by atoms with E-state index >= 15 is 0 Å². The number of nitrogens with zero attached hydrogens (tertiary/aromatic N) is 1. The number of hydrogen-bond acceptors (Lipinski definition) is 2. The molecule has 0 aliphatic rings. The van der Waals surface area contributed by atoms with Crippen LogP contribution in [0.5, 0.6) is 0 Å². The molecular formula is C3H9N3O. The van der Waals surface area contributed by atoms with E-state index in [-0.39, 0.29) is 0 Å². The Bertz CT molecular complexity index is 64.6. The third kappa shape index (κ3) is 1.99. The van der Waals surface area contributed by atoms with Crippen molar-refractivity contribution in [1.82, 2.24) is 10.8 Å². The molecule has 4 nitrogen and oxygen atoms in total. The lowest BCUT2D eigenvalue weighted by atomic mass is 11.0. The first-order valence-corrected chi connectivity index (χ1v) is 1.89. The van der Waals surface area contributed by atoms with Gasteiger partial charge < -0.3 is 5.32 Å². The summed E-state index contributed by atoms with van der Waals surface area (Å²) in [6.45, 7) is 0. The molecule has 0 rings (SSSR count). The normalized spacial score (nSPS) is 11.0. The number of guanidine groups is 1. The third-order valence-electron chi connectivity index (χ3n) is 0.566. The third-order valence-corrected chi connectivity index (χ3v) is 0.566. The molecule has 0 saturated heterocycles. The van der Waals surface area contributed by atoms with Crippen LogP contribution in [0.2, 0.25) is 0 Å². The van der Waals surface area contributed by atoms with Gasteiger partial charge in [-0.25, -0.2) is 5.48 Å². The summed E-state index contributed by atoms with van der Waals surface area (Å²) in [6, 6.07) is 0. The van der Waals surface area contributed by atoms with Crippen LogP contribution in [-0.4, -0.2) is 25.3 Å². The molecule has 7 heavy (non-hydrogen) atoms. The van der Waals surface area contributed by atoms with E-state index in [1.165, 1.54) is 0 Å². The molecule has 0 aliphatic carbocycles. The molecule has 3 N–H and O–H groups in total. The van der Waals surface area contributed by atoms with E-state index in [0.717, 1.165) is 0 Å². The Labute approximate surface area is 42.2 Å². The molecule has 0 spiro atoms. The maximum Gasteiger partial charge on any atom is 0.214 e. The van der Waals surface area contributed by atoms with Crippen molar-refractivity contribution in [1.29, 1.82) is 0 Å². The quantitative estimate of drug-likeness (QED) is 0.213. The predicted octanol–water partition coefficient (Wildman–Crippen LogP) is -0.830. The fourth-order valence-corrected chi connectivity index (χ4v) is 0.218. The summed E-state index contributed by atoms with van der Waals surface area (Å²) in [5.74, 6) is 0.361. The fraction of sp³-hybridized carbons (Fsp3) is 0.667. The minimum atomic E-state index is 0.361. The minimum Gasteiger partial charge on any atom is -0.358 e. The zero-order chi connectivity index (χ0) is 5.70. The van der Waals surface area contributed by atoms with Gasteiger partial charge in [0.2, 0.25) is 5.96 Å². The van der Waals surface area contributed by atoms with Crippen LogP contribution in [0.25, 0.3) is 0 Å². The lowest BCUT2D eigenvalue weighted by Crippen LogP contribution is -2.31. The van der Waals surface area contributed by atoms with Gasteiger partial charge in [-0.3, -0.25) is 10.2 Å². The molecule has 0 bridgehead atoms. The maximum atomic E-state index is 8.08. The molecule has 4 heteroatoms. The number of aliphatic imine (C=N–C) groups is 1. The van der Waals surface area contributed by atoms with E-state index in [9.17, 15) is 0 Å². The Balaban J connectivity index is 3.38. The van der Waals surface area contributed by atoms with Gasteiger partial charge in [0.25, 0.3) is 0 Å². The van der Waals surface area contributed by atoms with Crippen molar-refractivity contribution >= 4 is 5.96 Å². The van der Waals surface area contributed by atoms with Crippen LogP contribution in [-0.2, 0) is 0 Å². The van der Waals surface area contributed by atoms with Crippen molar-refractivity contribution in [3.63, 3.8) is 0 Å². The van der Waals surface area contributed by atoms with Crippen LogP contribution < -0.4 is 10.8 Å². The highest BCUT2D eigenvalue weighted by molar-refractivity contribution is 5.77. The topological polar surface area (TPSA) is 56.7 Å². The van der Waals surface area contributed by atoms with Crippen LogP contribution in [0.15, 0.2) is 4.99 Å². The highest BCUT2D eigenvalue weighted by atomic mass is 16.5. The first kappa shape index (κ1) is 6.23. The largest absolute Gasteiger partial charge is 0.358 e. The molecule has 0 heterocycles. The summed E-state index contributed by atoms with van der Waals surface area (Å²) >= 11 is 0. The van der Waals surface area contributed by atoms with Crippen molar-refractivity contribution in [2.75, 3.05) is 14.1 Å². The number of hydrogen-bond donors (Lipinski definition) is 3. The molecular weight excluding hydrogens is 94.1 g/mol. The lowest BCUT2D eigenvalue weighted by Gasteiger charge is -1.97. The van der Waals surface area contributed by atoms with Crippen molar-refractivity contribution < 1.29 is 5.21 Å². The summed E-state index contributed by atoms with van der Waals surface area (Å²) in [7, 11) is 3.22. The number of rotatable bonds is 0. The van der Waals surface area contributed by atoms with Crippen LogP contribution in [0.1, 0.15) is 0 Å². The Morgan fingerprint density at radius 3 is 2.29 bits per heavy atom. The van der Waals surface area contributed by atoms with E-state index in [1.54, 1.807) is 14.1 Å². The first-order chi connectivity index (χ1) is 3.35. The summed E-state index contributed by atoms with van der Waals surface area (Å²) < 4.78 is 0. The van der Waals surface area contributed by atoms with Gasteiger partial charge >= 0.3 is 0 Å². The smallest absolute Gasteiger partial charge is 0.214 e. The molecule has 42 valence electrons. The summed E-state index contributed by atoms with van der Waals surface area (Å²) in [6.07, 6.45) is 0. The van der Waals surface area contributed by atoms with Crippen LogP contribution >= 0.6 is 0 Å². The molecule has 0 radical (unpaired) electrons.